The lowest BCUT2D eigenvalue weighted by molar-refractivity contribution is -0.136. The van der Waals surface area contributed by atoms with Gasteiger partial charge in [-0.25, -0.2) is 10.2 Å². The summed E-state index contributed by atoms with van der Waals surface area (Å²) in [5.41, 5.74) is 3.36. The highest BCUT2D eigenvalue weighted by molar-refractivity contribution is 6.39. The van der Waals surface area contributed by atoms with Crippen molar-refractivity contribution in [3.63, 3.8) is 0 Å². The van der Waals surface area contributed by atoms with E-state index < -0.39 is 17.8 Å². The number of amides is 2. The number of carbonyl (C=O) groups excluding carboxylic acids is 3. The Morgan fingerprint density at radius 1 is 0.771 bits per heavy atom. The number of methoxy groups -OCH3 is 3. The molecule has 2 amide bonds. The van der Waals surface area contributed by atoms with E-state index in [0.29, 0.717) is 28.3 Å². The van der Waals surface area contributed by atoms with Crippen molar-refractivity contribution in [3.05, 3.63) is 77.9 Å². The van der Waals surface area contributed by atoms with Crippen LogP contribution in [0.2, 0.25) is 0 Å². The number of benzene rings is 3. The van der Waals surface area contributed by atoms with Crippen molar-refractivity contribution in [2.45, 2.75) is 0 Å². The molecule has 180 valence electrons. The van der Waals surface area contributed by atoms with Crippen LogP contribution in [0.15, 0.2) is 71.8 Å². The van der Waals surface area contributed by atoms with Gasteiger partial charge in [0.2, 0.25) is 0 Å². The normalized spacial score (nSPS) is 10.4. The lowest BCUT2D eigenvalue weighted by Gasteiger charge is -2.10. The Balaban J connectivity index is 1.61. The zero-order chi connectivity index (χ0) is 25.2. The number of hydrogen-bond donors (Lipinski definition) is 2. The molecule has 0 aromatic heterocycles. The van der Waals surface area contributed by atoms with Gasteiger partial charge in [0.25, 0.3) is 0 Å². The summed E-state index contributed by atoms with van der Waals surface area (Å²) in [4.78, 5) is 36.5. The molecule has 0 aliphatic rings. The maximum Gasteiger partial charge on any atom is 0.343 e. The van der Waals surface area contributed by atoms with Gasteiger partial charge >= 0.3 is 17.8 Å². The highest BCUT2D eigenvalue weighted by atomic mass is 16.6. The van der Waals surface area contributed by atoms with E-state index in [2.05, 4.69) is 15.8 Å². The predicted molar refractivity (Wildman–Crippen MR) is 128 cm³/mol. The van der Waals surface area contributed by atoms with E-state index in [-0.39, 0.29) is 11.5 Å². The standard InChI is InChI=1S/C25H23N3O7/c1-32-18-11-9-17(10-12-18)25(31)35-21-13-8-16(14-22(21)34-3)15-26-28-24(30)23(29)27-19-6-4-5-7-20(19)33-2/h4-15H,1-3H3,(H,27,29)(H,28,30). The third-order valence-electron chi connectivity index (χ3n) is 4.66. The molecule has 0 atom stereocenters. The summed E-state index contributed by atoms with van der Waals surface area (Å²) < 4.78 is 20.9. The zero-order valence-electron chi connectivity index (χ0n) is 19.2. The molecule has 3 aromatic carbocycles. The molecule has 3 rings (SSSR count). The minimum atomic E-state index is -0.968. The molecule has 0 radical (unpaired) electrons. The summed E-state index contributed by atoms with van der Waals surface area (Å²) in [6, 6.07) is 17.8. The number of esters is 1. The summed E-state index contributed by atoms with van der Waals surface area (Å²) in [6.45, 7) is 0. The van der Waals surface area contributed by atoms with Crippen LogP contribution in [0.4, 0.5) is 5.69 Å². The average molecular weight is 477 g/mol. The van der Waals surface area contributed by atoms with Crippen molar-refractivity contribution < 1.29 is 33.3 Å². The maximum atomic E-state index is 12.4. The zero-order valence-corrected chi connectivity index (χ0v) is 19.2. The molecule has 0 saturated carbocycles. The van der Waals surface area contributed by atoms with Crippen LogP contribution in [-0.4, -0.2) is 45.3 Å². The first-order valence-electron chi connectivity index (χ1n) is 10.3. The summed E-state index contributed by atoms with van der Waals surface area (Å²) in [5, 5.41) is 6.23. The van der Waals surface area contributed by atoms with E-state index in [9.17, 15) is 14.4 Å². The minimum absolute atomic E-state index is 0.200. The van der Waals surface area contributed by atoms with Gasteiger partial charge in [-0.1, -0.05) is 12.1 Å². The summed E-state index contributed by atoms with van der Waals surface area (Å²) in [6.07, 6.45) is 1.31. The summed E-state index contributed by atoms with van der Waals surface area (Å²) >= 11 is 0. The SMILES string of the molecule is COc1ccc(C(=O)Oc2ccc(C=NNC(=O)C(=O)Nc3ccccc3OC)cc2OC)cc1. The average Bonchev–Trinajstić information content (AvgIpc) is 2.89. The third-order valence-corrected chi connectivity index (χ3v) is 4.66. The number of para-hydroxylation sites is 2. The Labute approximate surface area is 201 Å². The number of hydrogen-bond acceptors (Lipinski definition) is 8. The highest BCUT2D eigenvalue weighted by Gasteiger charge is 2.15. The Morgan fingerprint density at radius 2 is 1.49 bits per heavy atom. The number of carbonyl (C=O) groups is 3. The van der Waals surface area contributed by atoms with Gasteiger partial charge < -0.3 is 24.3 Å². The van der Waals surface area contributed by atoms with Crippen molar-refractivity contribution in [1.29, 1.82) is 0 Å². The molecule has 0 bridgehead atoms. The first kappa shape index (κ1) is 24.8. The molecule has 0 aliphatic heterocycles. The summed E-state index contributed by atoms with van der Waals surface area (Å²) in [7, 11) is 4.41. The van der Waals surface area contributed by atoms with Gasteiger partial charge in [-0.15, -0.1) is 0 Å². The largest absolute Gasteiger partial charge is 0.497 e. The quantitative estimate of drug-likeness (QED) is 0.168. The molecule has 3 aromatic rings. The fourth-order valence-corrected chi connectivity index (χ4v) is 2.88. The van der Waals surface area contributed by atoms with Crippen LogP contribution in [0.25, 0.3) is 0 Å². The number of anilines is 1. The molecule has 10 heteroatoms. The Bertz CT molecular complexity index is 1240. The van der Waals surface area contributed by atoms with E-state index in [1.54, 1.807) is 60.7 Å². The molecule has 35 heavy (non-hydrogen) atoms. The second-order valence-electron chi connectivity index (χ2n) is 6.88. The monoisotopic (exact) mass is 477 g/mol. The highest BCUT2D eigenvalue weighted by Crippen LogP contribution is 2.28. The molecular weight excluding hydrogens is 454 g/mol. The van der Waals surface area contributed by atoms with E-state index in [4.69, 9.17) is 18.9 Å². The van der Waals surface area contributed by atoms with E-state index >= 15 is 0 Å². The smallest absolute Gasteiger partial charge is 0.343 e. The number of rotatable bonds is 8. The Kier molecular flexibility index (Phi) is 8.38. The van der Waals surface area contributed by atoms with Crippen LogP contribution >= 0.6 is 0 Å². The van der Waals surface area contributed by atoms with Gasteiger partial charge in [0.15, 0.2) is 11.5 Å². The first-order valence-corrected chi connectivity index (χ1v) is 10.3. The van der Waals surface area contributed by atoms with Crippen molar-refractivity contribution in [1.82, 2.24) is 5.43 Å². The lowest BCUT2D eigenvalue weighted by atomic mass is 10.2. The molecule has 0 fully saturated rings. The molecule has 0 saturated heterocycles. The lowest BCUT2D eigenvalue weighted by Crippen LogP contribution is -2.32. The minimum Gasteiger partial charge on any atom is -0.497 e. The van der Waals surface area contributed by atoms with Crippen LogP contribution in [-0.2, 0) is 9.59 Å². The van der Waals surface area contributed by atoms with Gasteiger partial charge in [-0.2, -0.15) is 5.10 Å². The predicted octanol–water partition coefficient (Wildman–Crippen LogP) is 3.02. The molecule has 10 nitrogen and oxygen atoms in total. The van der Waals surface area contributed by atoms with Crippen molar-refractivity contribution >= 4 is 29.7 Å². The maximum absolute atomic E-state index is 12.4. The molecule has 0 aliphatic carbocycles. The van der Waals surface area contributed by atoms with Crippen LogP contribution in [0, 0.1) is 0 Å². The van der Waals surface area contributed by atoms with Gasteiger partial charge in [0, 0.05) is 0 Å². The fourth-order valence-electron chi connectivity index (χ4n) is 2.88. The fraction of sp³-hybridized carbons (Fsp3) is 0.120. The van der Waals surface area contributed by atoms with E-state index in [1.165, 1.54) is 33.6 Å². The van der Waals surface area contributed by atoms with Crippen LogP contribution in [0.5, 0.6) is 23.0 Å². The van der Waals surface area contributed by atoms with Gasteiger partial charge in [0.1, 0.15) is 11.5 Å². The van der Waals surface area contributed by atoms with Gasteiger partial charge in [0.05, 0.1) is 38.8 Å². The first-order chi connectivity index (χ1) is 16.9. The second kappa shape index (κ2) is 11.8. The number of nitrogens with zero attached hydrogens (tertiary/aromatic N) is 1. The van der Waals surface area contributed by atoms with E-state index in [0.717, 1.165) is 0 Å². The number of hydrazone groups is 1. The van der Waals surface area contributed by atoms with Crippen LogP contribution < -0.4 is 29.7 Å². The molecular formula is C25H23N3O7. The van der Waals surface area contributed by atoms with E-state index in [1.807, 2.05) is 0 Å². The van der Waals surface area contributed by atoms with Crippen molar-refractivity contribution in [2.75, 3.05) is 26.6 Å². The Hall–Kier alpha value is -4.86. The molecule has 2 N–H and O–H groups in total. The molecule has 0 unspecified atom stereocenters. The van der Waals surface area contributed by atoms with Crippen molar-refractivity contribution in [3.8, 4) is 23.0 Å². The van der Waals surface area contributed by atoms with Gasteiger partial charge in [-0.05, 0) is 60.2 Å². The second-order valence-corrected chi connectivity index (χ2v) is 6.88. The van der Waals surface area contributed by atoms with Crippen LogP contribution in [0.1, 0.15) is 15.9 Å². The molecule has 0 heterocycles. The summed E-state index contributed by atoms with van der Waals surface area (Å²) in [5.74, 6) is -0.944. The number of nitrogens with one attached hydrogen (secondary N) is 2. The molecule has 0 spiro atoms. The number of ether oxygens (including phenoxy) is 4. The third kappa shape index (κ3) is 6.57. The topological polar surface area (TPSA) is 125 Å². The van der Waals surface area contributed by atoms with Gasteiger partial charge in [-0.3, -0.25) is 9.59 Å². The van der Waals surface area contributed by atoms with Crippen molar-refractivity contribution in [2.24, 2.45) is 5.10 Å². The van der Waals surface area contributed by atoms with Crippen LogP contribution in [0.3, 0.4) is 0 Å². The Morgan fingerprint density at radius 3 is 2.17 bits per heavy atom.